The lowest BCUT2D eigenvalue weighted by molar-refractivity contribution is 1.13. The Bertz CT molecular complexity index is 800. The van der Waals surface area contributed by atoms with E-state index in [9.17, 15) is 4.79 Å². The van der Waals surface area contributed by atoms with Crippen LogP contribution in [0.5, 0.6) is 0 Å². The molecular formula is C15H12N2OS. The first-order chi connectivity index (χ1) is 9.33. The fraction of sp³-hybridized carbons (Fsp3) is 0.200. The van der Waals surface area contributed by atoms with Crippen molar-refractivity contribution in [2.75, 3.05) is 0 Å². The Kier molecular flexibility index (Phi) is 2.32. The third kappa shape index (κ3) is 1.79. The molecule has 2 aromatic heterocycles. The van der Waals surface area contributed by atoms with Gasteiger partial charge in [0.05, 0.1) is 5.39 Å². The maximum absolute atomic E-state index is 12.3. The van der Waals surface area contributed by atoms with E-state index in [4.69, 9.17) is 0 Å². The smallest absolute Gasteiger partial charge is 0.260 e. The molecule has 1 aliphatic rings. The molecule has 0 unspecified atom stereocenters. The second-order valence-corrected chi connectivity index (χ2v) is 5.78. The molecule has 1 aliphatic carbocycles. The van der Waals surface area contributed by atoms with Crippen LogP contribution in [0.25, 0.3) is 21.6 Å². The molecule has 2 heterocycles. The Hall–Kier alpha value is -1.94. The maximum Gasteiger partial charge on any atom is 0.260 e. The summed E-state index contributed by atoms with van der Waals surface area (Å²) in [6.07, 6.45) is 2.40. The number of aromatic nitrogens is 2. The van der Waals surface area contributed by atoms with Crippen LogP contribution in [0.3, 0.4) is 0 Å². The van der Waals surface area contributed by atoms with Crippen LogP contribution in [0.1, 0.15) is 24.3 Å². The first-order valence-electron chi connectivity index (χ1n) is 6.40. The van der Waals surface area contributed by atoms with E-state index in [0.717, 1.165) is 15.8 Å². The van der Waals surface area contributed by atoms with Crippen molar-refractivity contribution in [3.63, 3.8) is 0 Å². The van der Waals surface area contributed by atoms with Crippen molar-refractivity contribution in [2.45, 2.75) is 18.8 Å². The molecule has 0 amide bonds. The standard InChI is InChI=1S/C15H12N2OS/c18-14-12-11(9-6-7-9)8-19-15(12)17-13(16-14)10-4-2-1-3-5-10/h1-5,8-9H,6-7H2,(H,16,17,18). The SMILES string of the molecule is O=c1[nH]c(-c2ccccc2)nc2scc(C3CC3)c12. The summed E-state index contributed by atoms with van der Waals surface area (Å²) >= 11 is 1.57. The van der Waals surface area contributed by atoms with Crippen LogP contribution in [0.4, 0.5) is 0 Å². The predicted octanol–water partition coefficient (Wildman–Crippen LogP) is 3.53. The number of fused-ring (bicyclic) bond motifs is 1. The molecule has 0 atom stereocenters. The van der Waals surface area contributed by atoms with Gasteiger partial charge in [0.15, 0.2) is 0 Å². The number of hydrogen-bond acceptors (Lipinski definition) is 3. The molecule has 0 aliphatic heterocycles. The molecule has 1 saturated carbocycles. The number of H-pyrrole nitrogens is 1. The molecular weight excluding hydrogens is 256 g/mol. The quantitative estimate of drug-likeness (QED) is 0.772. The van der Waals surface area contributed by atoms with Crippen molar-refractivity contribution in [1.29, 1.82) is 0 Å². The normalized spacial score (nSPS) is 14.9. The Balaban J connectivity index is 1.94. The zero-order chi connectivity index (χ0) is 12.8. The molecule has 4 rings (SSSR count). The van der Waals surface area contributed by atoms with E-state index < -0.39 is 0 Å². The van der Waals surface area contributed by atoms with E-state index in [1.807, 2.05) is 30.3 Å². The monoisotopic (exact) mass is 268 g/mol. The van der Waals surface area contributed by atoms with Gasteiger partial charge >= 0.3 is 0 Å². The van der Waals surface area contributed by atoms with Gasteiger partial charge < -0.3 is 4.98 Å². The molecule has 19 heavy (non-hydrogen) atoms. The minimum absolute atomic E-state index is 0.00740. The van der Waals surface area contributed by atoms with Crippen LogP contribution in [-0.4, -0.2) is 9.97 Å². The molecule has 94 valence electrons. The maximum atomic E-state index is 12.3. The van der Waals surface area contributed by atoms with Gasteiger partial charge in [-0.05, 0) is 29.7 Å². The van der Waals surface area contributed by atoms with Crippen LogP contribution in [-0.2, 0) is 0 Å². The Morgan fingerprint density at radius 2 is 2.00 bits per heavy atom. The molecule has 1 N–H and O–H groups in total. The molecule has 1 fully saturated rings. The first kappa shape index (κ1) is 10.9. The summed E-state index contributed by atoms with van der Waals surface area (Å²) in [5.74, 6) is 1.24. The lowest BCUT2D eigenvalue weighted by Crippen LogP contribution is -2.09. The highest BCUT2D eigenvalue weighted by Gasteiger charge is 2.28. The van der Waals surface area contributed by atoms with Crippen molar-refractivity contribution >= 4 is 21.6 Å². The van der Waals surface area contributed by atoms with Gasteiger partial charge in [0.2, 0.25) is 0 Å². The van der Waals surface area contributed by atoms with Crippen molar-refractivity contribution < 1.29 is 0 Å². The van der Waals surface area contributed by atoms with Crippen LogP contribution >= 0.6 is 11.3 Å². The van der Waals surface area contributed by atoms with Gasteiger partial charge in [0.1, 0.15) is 10.7 Å². The fourth-order valence-corrected chi connectivity index (χ4v) is 3.42. The molecule has 1 aromatic carbocycles. The number of benzene rings is 1. The van der Waals surface area contributed by atoms with Crippen LogP contribution < -0.4 is 5.56 Å². The second kappa shape index (κ2) is 4.03. The van der Waals surface area contributed by atoms with Crippen LogP contribution in [0.2, 0.25) is 0 Å². The Morgan fingerprint density at radius 3 is 2.74 bits per heavy atom. The Labute approximate surface area is 114 Å². The van der Waals surface area contributed by atoms with Gasteiger partial charge in [-0.3, -0.25) is 4.79 Å². The van der Waals surface area contributed by atoms with E-state index in [2.05, 4.69) is 15.3 Å². The summed E-state index contributed by atoms with van der Waals surface area (Å²) in [5, 5.41) is 2.89. The number of nitrogens with one attached hydrogen (secondary N) is 1. The Morgan fingerprint density at radius 1 is 1.21 bits per heavy atom. The molecule has 0 spiro atoms. The minimum Gasteiger partial charge on any atom is -0.306 e. The minimum atomic E-state index is -0.00740. The summed E-state index contributed by atoms with van der Waals surface area (Å²) in [5.41, 5.74) is 2.13. The van der Waals surface area contributed by atoms with Gasteiger partial charge in [-0.15, -0.1) is 11.3 Å². The topological polar surface area (TPSA) is 45.8 Å². The van der Waals surface area contributed by atoms with Gasteiger partial charge in [-0.1, -0.05) is 30.3 Å². The van der Waals surface area contributed by atoms with Crippen molar-refractivity contribution in [3.05, 3.63) is 51.6 Å². The first-order valence-corrected chi connectivity index (χ1v) is 7.28. The lowest BCUT2D eigenvalue weighted by Gasteiger charge is -2.01. The largest absolute Gasteiger partial charge is 0.306 e. The number of nitrogens with zero attached hydrogens (tertiary/aromatic N) is 1. The predicted molar refractivity (Wildman–Crippen MR) is 77.7 cm³/mol. The number of hydrogen-bond donors (Lipinski definition) is 1. The number of thiophene rings is 1. The van der Waals surface area contributed by atoms with Crippen molar-refractivity contribution in [3.8, 4) is 11.4 Å². The summed E-state index contributed by atoms with van der Waals surface area (Å²) < 4.78 is 0. The number of aromatic amines is 1. The third-order valence-electron chi connectivity index (χ3n) is 3.54. The highest BCUT2D eigenvalue weighted by atomic mass is 32.1. The summed E-state index contributed by atoms with van der Waals surface area (Å²) in [6, 6.07) is 9.77. The molecule has 3 nitrogen and oxygen atoms in total. The zero-order valence-electron chi connectivity index (χ0n) is 10.2. The van der Waals surface area contributed by atoms with E-state index in [1.165, 1.54) is 18.4 Å². The van der Waals surface area contributed by atoms with Crippen LogP contribution in [0, 0.1) is 0 Å². The van der Waals surface area contributed by atoms with E-state index in [1.54, 1.807) is 11.3 Å². The second-order valence-electron chi connectivity index (χ2n) is 4.93. The average Bonchev–Trinajstić information content (AvgIpc) is 3.19. The molecule has 0 saturated heterocycles. The van der Waals surface area contributed by atoms with E-state index in [-0.39, 0.29) is 5.56 Å². The van der Waals surface area contributed by atoms with Crippen LogP contribution in [0.15, 0.2) is 40.5 Å². The summed E-state index contributed by atoms with van der Waals surface area (Å²) in [7, 11) is 0. The van der Waals surface area contributed by atoms with Crippen molar-refractivity contribution in [2.24, 2.45) is 0 Å². The molecule has 4 heteroatoms. The average molecular weight is 268 g/mol. The summed E-state index contributed by atoms with van der Waals surface area (Å²) in [4.78, 5) is 20.7. The van der Waals surface area contributed by atoms with Gasteiger partial charge in [0, 0.05) is 5.56 Å². The highest BCUT2D eigenvalue weighted by Crippen LogP contribution is 2.44. The third-order valence-corrected chi connectivity index (χ3v) is 4.43. The summed E-state index contributed by atoms with van der Waals surface area (Å²) in [6.45, 7) is 0. The van der Waals surface area contributed by atoms with E-state index >= 15 is 0 Å². The molecule has 0 bridgehead atoms. The van der Waals surface area contributed by atoms with Gasteiger partial charge in [0.25, 0.3) is 5.56 Å². The fourth-order valence-electron chi connectivity index (χ4n) is 2.40. The lowest BCUT2D eigenvalue weighted by atomic mass is 10.1. The van der Waals surface area contributed by atoms with E-state index in [0.29, 0.717) is 11.7 Å². The molecule has 3 aromatic rings. The highest BCUT2D eigenvalue weighted by molar-refractivity contribution is 7.16. The van der Waals surface area contributed by atoms with Crippen molar-refractivity contribution in [1.82, 2.24) is 9.97 Å². The van der Waals surface area contributed by atoms with Gasteiger partial charge in [-0.25, -0.2) is 4.98 Å². The number of rotatable bonds is 2. The molecule has 0 radical (unpaired) electrons. The van der Waals surface area contributed by atoms with Gasteiger partial charge in [-0.2, -0.15) is 0 Å². The zero-order valence-corrected chi connectivity index (χ0v) is 11.0.